The lowest BCUT2D eigenvalue weighted by Crippen LogP contribution is -2.44. The fourth-order valence-corrected chi connectivity index (χ4v) is 6.10. The monoisotopic (exact) mass is 541 g/mol. The molecule has 0 atom stereocenters. The number of thioether (sulfide) groups is 1. The fourth-order valence-electron chi connectivity index (χ4n) is 4.81. The minimum absolute atomic E-state index is 0.175. The van der Waals surface area contributed by atoms with Crippen molar-refractivity contribution in [3.63, 3.8) is 0 Å². The van der Waals surface area contributed by atoms with Crippen molar-refractivity contribution in [2.45, 2.75) is 32.7 Å². The van der Waals surface area contributed by atoms with Gasteiger partial charge in [-0.2, -0.15) is 0 Å². The van der Waals surface area contributed by atoms with E-state index in [0.29, 0.717) is 34.6 Å². The third-order valence-electron chi connectivity index (χ3n) is 6.77. The van der Waals surface area contributed by atoms with E-state index in [9.17, 15) is 14.4 Å². The van der Waals surface area contributed by atoms with E-state index >= 15 is 0 Å². The molecule has 2 aromatic carbocycles. The lowest BCUT2D eigenvalue weighted by molar-refractivity contribution is -0.136. The first kappa shape index (κ1) is 24.9. The maximum atomic E-state index is 13.2. The molecule has 0 bridgehead atoms. The van der Waals surface area contributed by atoms with Crippen LogP contribution in [0.2, 0.25) is 10.0 Å². The maximum absolute atomic E-state index is 13.2. The molecule has 1 aromatic heterocycles. The standard InChI is InChI=1S/C27H25Cl2N3O3S/c1-17-21(14-24-26(34)32(27(35)36-24)16-25(33)30-11-5-2-6-12-30)20-7-3-4-8-23(20)31(17)15-18-9-10-19(28)13-22(18)29/h3-4,7-10,13-14H,2,5-6,11-12,15-16H2,1H3/b24-14-. The van der Waals surface area contributed by atoms with Crippen LogP contribution in [-0.4, -0.2) is 51.1 Å². The number of halogens is 2. The van der Waals surface area contributed by atoms with Crippen LogP contribution in [0, 0.1) is 6.92 Å². The van der Waals surface area contributed by atoms with E-state index in [1.165, 1.54) is 0 Å². The van der Waals surface area contributed by atoms with Gasteiger partial charge in [0.1, 0.15) is 6.54 Å². The molecule has 3 aromatic rings. The van der Waals surface area contributed by atoms with Gasteiger partial charge in [-0.1, -0.05) is 47.5 Å². The largest absolute Gasteiger partial charge is 0.341 e. The number of para-hydroxylation sites is 1. The second-order valence-corrected chi connectivity index (χ2v) is 10.9. The fraction of sp³-hybridized carbons (Fsp3) is 0.296. The smallest absolute Gasteiger partial charge is 0.294 e. The summed E-state index contributed by atoms with van der Waals surface area (Å²) in [7, 11) is 0. The predicted molar refractivity (Wildman–Crippen MR) is 145 cm³/mol. The molecule has 2 aliphatic rings. The van der Waals surface area contributed by atoms with Crippen molar-refractivity contribution >= 4 is 69.0 Å². The number of carbonyl (C=O) groups is 3. The zero-order valence-electron chi connectivity index (χ0n) is 19.8. The van der Waals surface area contributed by atoms with Crippen molar-refractivity contribution in [3.8, 4) is 0 Å². The van der Waals surface area contributed by atoms with Gasteiger partial charge in [0.05, 0.1) is 4.91 Å². The first-order chi connectivity index (χ1) is 17.3. The molecule has 0 unspecified atom stereocenters. The Hall–Kier alpha value is -2.74. The van der Waals surface area contributed by atoms with Gasteiger partial charge >= 0.3 is 0 Å². The SMILES string of the molecule is Cc1c(/C=C2\SC(=O)N(CC(=O)N3CCCCC3)C2=O)c2ccccc2n1Cc1ccc(Cl)cc1Cl. The van der Waals surface area contributed by atoms with Gasteiger partial charge in [-0.05, 0) is 67.8 Å². The number of carbonyl (C=O) groups excluding carboxylic acids is 3. The van der Waals surface area contributed by atoms with E-state index in [1.807, 2.05) is 43.3 Å². The maximum Gasteiger partial charge on any atom is 0.294 e. The average molecular weight is 542 g/mol. The Morgan fingerprint density at radius 2 is 1.81 bits per heavy atom. The topological polar surface area (TPSA) is 62.6 Å². The molecule has 3 amide bonds. The van der Waals surface area contributed by atoms with Crippen LogP contribution in [0.15, 0.2) is 47.4 Å². The molecule has 3 heterocycles. The van der Waals surface area contributed by atoms with Crippen molar-refractivity contribution in [3.05, 3.63) is 74.2 Å². The summed E-state index contributed by atoms with van der Waals surface area (Å²) in [6.07, 6.45) is 4.79. The van der Waals surface area contributed by atoms with Gasteiger partial charge in [0.2, 0.25) is 5.91 Å². The summed E-state index contributed by atoms with van der Waals surface area (Å²) < 4.78 is 2.14. The highest BCUT2D eigenvalue weighted by atomic mass is 35.5. The molecule has 36 heavy (non-hydrogen) atoms. The van der Waals surface area contributed by atoms with Crippen molar-refractivity contribution in [2.75, 3.05) is 19.6 Å². The Labute approximate surface area is 223 Å². The third kappa shape index (κ3) is 4.80. The molecule has 2 aliphatic heterocycles. The second-order valence-electron chi connectivity index (χ2n) is 9.05. The Morgan fingerprint density at radius 1 is 1.06 bits per heavy atom. The molecule has 9 heteroatoms. The van der Waals surface area contributed by atoms with E-state index < -0.39 is 11.1 Å². The molecule has 5 rings (SSSR count). The van der Waals surface area contributed by atoms with Crippen molar-refractivity contribution in [1.29, 1.82) is 0 Å². The molecular weight excluding hydrogens is 517 g/mol. The number of rotatable bonds is 5. The molecule has 0 radical (unpaired) electrons. The first-order valence-corrected chi connectivity index (χ1v) is 13.5. The number of fused-ring (bicyclic) bond motifs is 1. The molecule has 0 aliphatic carbocycles. The van der Waals surface area contributed by atoms with Gasteiger partial charge in [0.25, 0.3) is 11.1 Å². The summed E-state index contributed by atoms with van der Waals surface area (Å²) in [6, 6.07) is 13.4. The number of amides is 3. The van der Waals surface area contributed by atoms with Gasteiger partial charge < -0.3 is 9.47 Å². The molecule has 2 saturated heterocycles. The van der Waals surface area contributed by atoms with Crippen LogP contribution in [0.4, 0.5) is 4.79 Å². The zero-order valence-corrected chi connectivity index (χ0v) is 22.1. The predicted octanol–water partition coefficient (Wildman–Crippen LogP) is 6.35. The zero-order chi connectivity index (χ0) is 25.4. The van der Waals surface area contributed by atoms with E-state index in [2.05, 4.69) is 4.57 Å². The third-order valence-corrected chi connectivity index (χ3v) is 8.27. The summed E-state index contributed by atoms with van der Waals surface area (Å²) in [5.41, 5.74) is 3.72. The Balaban J connectivity index is 1.45. The second kappa shape index (κ2) is 10.3. The summed E-state index contributed by atoms with van der Waals surface area (Å²) in [4.78, 5) is 41.7. The van der Waals surface area contributed by atoms with E-state index in [-0.39, 0.29) is 12.5 Å². The quantitative estimate of drug-likeness (QED) is 0.353. The number of imide groups is 1. The normalized spacial score (nSPS) is 17.6. The summed E-state index contributed by atoms with van der Waals surface area (Å²) >= 11 is 13.4. The minimum atomic E-state index is -0.424. The molecular formula is C27H25Cl2N3O3S. The minimum Gasteiger partial charge on any atom is -0.341 e. The number of aromatic nitrogens is 1. The van der Waals surface area contributed by atoms with Crippen LogP contribution < -0.4 is 0 Å². The Morgan fingerprint density at radius 3 is 2.56 bits per heavy atom. The Bertz CT molecular complexity index is 1410. The number of hydrogen-bond acceptors (Lipinski definition) is 4. The highest BCUT2D eigenvalue weighted by molar-refractivity contribution is 8.18. The average Bonchev–Trinajstić information content (AvgIpc) is 3.29. The number of nitrogens with zero attached hydrogens (tertiary/aromatic N) is 3. The Kier molecular flexibility index (Phi) is 7.15. The van der Waals surface area contributed by atoms with Crippen LogP contribution in [-0.2, 0) is 16.1 Å². The molecule has 0 N–H and O–H groups in total. The van der Waals surface area contributed by atoms with E-state index in [4.69, 9.17) is 23.2 Å². The highest BCUT2D eigenvalue weighted by Gasteiger charge is 2.37. The van der Waals surface area contributed by atoms with Gasteiger partial charge in [0, 0.05) is 51.8 Å². The number of benzene rings is 2. The van der Waals surface area contributed by atoms with Gasteiger partial charge in [-0.25, -0.2) is 0 Å². The van der Waals surface area contributed by atoms with Crippen LogP contribution in [0.3, 0.4) is 0 Å². The molecule has 0 saturated carbocycles. The lowest BCUT2D eigenvalue weighted by Gasteiger charge is -2.27. The van der Waals surface area contributed by atoms with Crippen LogP contribution in [0.5, 0.6) is 0 Å². The number of hydrogen-bond donors (Lipinski definition) is 0. The molecule has 186 valence electrons. The molecule has 0 spiro atoms. The van der Waals surface area contributed by atoms with Gasteiger partial charge in [0.15, 0.2) is 0 Å². The summed E-state index contributed by atoms with van der Waals surface area (Å²) in [6.45, 7) is 3.67. The van der Waals surface area contributed by atoms with Gasteiger partial charge in [-0.15, -0.1) is 0 Å². The van der Waals surface area contributed by atoms with Crippen molar-refractivity contribution in [1.82, 2.24) is 14.4 Å². The summed E-state index contributed by atoms with van der Waals surface area (Å²) in [5.74, 6) is -0.599. The number of likely N-dealkylation sites (tertiary alicyclic amines) is 1. The summed E-state index contributed by atoms with van der Waals surface area (Å²) in [5, 5.41) is 1.72. The first-order valence-electron chi connectivity index (χ1n) is 11.9. The molecule has 6 nitrogen and oxygen atoms in total. The van der Waals surface area contributed by atoms with Crippen LogP contribution in [0.1, 0.15) is 36.1 Å². The van der Waals surface area contributed by atoms with Gasteiger partial charge in [-0.3, -0.25) is 19.3 Å². The number of piperidine rings is 1. The van der Waals surface area contributed by atoms with Crippen molar-refractivity contribution < 1.29 is 14.4 Å². The van der Waals surface area contributed by atoms with Crippen molar-refractivity contribution in [2.24, 2.45) is 0 Å². The van der Waals surface area contributed by atoms with E-state index in [0.717, 1.165) is 63.6 Å². The molecule has 2 fully saturated rings. The van der Waals surface area contributed by atoms with Crippen LogP contribution in [0.25, 0.3) is 17.0 Å². The highest BCUT2D eigenvalue weighted by Crippen LogP contribution is 2.36. The van der Waals surface area contributed by atoms with E-state index in [1.54, 1.807) is 17.0 Å². The van der Waals surface area contributed by atoms with Crippen LogP contribution >= 0.6 is 35.0 Å². The lowest BCUT2D eigenvalue weighted by atomic mass is 10.1.